The van der Waals surface area contributed by atoms with Crippen LogP contribution in [0.3, 0.4) is 0 Å². The lowest BCUT2D eigenvalue weighted by molar-refractivity contribution is 0.991. The highest BCUT2D eigenvalue weighted by Crippen LogP contribution is 2.22. The zero-order valence-corrected chi connectivity index (χ0v) is 10.2. The van der Waals surface area contributed by atoms with Gasteiger partial charge in [-0.2, -0.15) is 17.0 Å². The van der Waals surface area contributed by atoms with Gasteiger partial charge in [0.05, 0.1) is 5.56 Å². The normalized spacial score (nSPS) is 11.9. The maximum Gasteiger partial charge on any atom is 0.146 e. The van der Waals surface area contributed by atoms with Crippen molar-refractivity contribution in [1.29, 1.82) is 5.26 Å². The number of rotatable bonds is 4. The molecule has 0 aliphatic carbocycles. The van der Waals surface area contributed by atoms with Crippen LogP contribution in [0.15, 0.2) is 12.3 Å². The molecule has 0 spiro atoms. The van der Waals surface area contributed by atoms with Crippen LogP contribution in [0.5, 0.6) is 0 Å². The standard InChI is InChI=1S/C10H12ClN3S/c1-7(15-2)6-14-10-9(11)8(5-12)3-4-13-10/h3-4,7H,6H2,1-2H3,(H,13,14). The molecule has 0 aliphatic rings. The number of anilines is 1. The second kappa shape index (κ2) is 5.84. The smallest absolute Gasteiger partial charge is 0.146 e. The Kier molecular flexibility index (Phi) is 4.73. The first-order chi connectivity index (χ1) is 7.19. The molecule has 5 heteroatoms. The van der Waals surface area contributed by atoms with Gasteiger partial charge in [0.25, 0.3) is 0 Å². The zero-order chi connectivity index (χ0) is 11.3. The van der Waals surface area contributed by atoms with Crippen molar-refractivity contribution < 1.29 is 0 Å². The van der Waals surface area contributed by atoms with Gasteiger partial charge in [-0.05, 0) is 12.3 Å². The summed E-state index contributed by atoms with van der Waals surface area (Å²) in [6, 6.07) is 3.62. The Balaban J connectivity index is 2.74. The van der Waals surface area contributed by atoms with E-state index in [4.69, 9.17) is 16.9 Å². The van der Waals surface area contributed by atoms with Crippen LogP contribution in [0, 0.1) is 11.3 Å². The number of pyridine rings is 1. The minimum Gasteiger partial charge on any atom is -0.368 e. The summed E-state index contributed by atoms with van der Waals surface area (Å²) in [4.78, 5) is 4.09. The number of nitrogens with zero attached hydrogens (tertiary/aromatic N) is 2. The molecular formula is C10H12ClN3S. The Morgan fingerprint density at radius 2 is 2.47 bits per heavy atom. The third-order valence-electron chi connectivity index (χ3n) is 1.97. The number of hydrogen-bond donors (Lipinski definition) is 1. The van der Waals surface area contributed by atoms with E-state index in [1.54, 1.807) is 24.0 Å². The molecule has 1 unspecified atom stereocenters. The summed E-state index contributed by atoms with van der Waals surface area (Å²) in [5.41, 5.74) is 0.450. The molecular weight excluding hydrogens is 230 g/mol. The van der Waals surface area contributed by atoms with E-state index >= 15 is 0 Å². The largest absolute Gasteiger partial charge is 0.368 e. The van der Waals surface area contributed by atoms with Crippen molar-refractivity contribution in [2.75, 3.05) is 18.1 Å². The van der Waals surface area contributed by atoms with Crippen LogP contribution < -0.4 is 5.32 Å². The van der Waals surface area contributed by atoms with Crippen molar-refractivity contribution >= 4 is 29.2 Å². The number of aromatic nitrogens is 1. The topological polar surface area (TPSA) is 48.7 Å². The van der Waals surface area contributed by atoms with E-state index in [-0.39, 0.29) is 0 Å². The molecule has 1 rings (SSSR count). The lowest BCUT2D eigenvalue weighted by atomic mass is 10.3. The summed E-state index contributed by atoms with van der Waals surface area (Å²) >= 11 is 7.74. The average Bonchev–Trinajstić information content (AvgIpc) is 2.27. The van der Waals surface area contributed by atoms with E-state index in [2.05, 4.69) is 17.2 Å². The lowest BCUT2D eigenvalue weighted by Gasteiger charge is -2.11. The Hall–Kier alpha value is -0.920. The maximum atomic E-state index is 8.77. The van der Waals surface area contributed by atoms with Crippen LogP contribution in [0.4, 0.5) is 5.82 Å². The minimum absolute atomic E-state index is 0.397. The van der Waals surface area contributed by atoms with Crippen molar-refractivity contribution in [2.24, 2.45) is 0 Å². The van der Waals surface area contributed by atoms with Crippen molar-refractivity contribution in [3.63, 3.8) is 0 Å². The molecule has 0 aromatic carbocycles. The fourth-order valence-corrected chi connectivity index (χ4v) is 1.45. The summed E-state index contributed by atoms with van der Waals surface area (Å²) in [7, 11) is 0. The molecule has 80 valence electrons. The second-order valence-corrected chi connectivity index (χ2v) is 4.71. The van der Waals surface area contributed by atoms with E-state index in [1.165, 1.54) is 0 Å². The summed E-state index contributed by atoms with van der Waals surface area (Å²) in [6.07, 6.45) is 3.63. The van der Waals surface area contributed by atoms with Gasteiger partial charge in [-0.25, -0.2) is 4.98 Å². The predicted octanol–water partition coefficient (Wildman–Crippen LogP) is 2.77. The molecule has 1 N–H and O–H groups in total. The van der Waals surface area contributed by atoms with Crippen LogP contribution in [-0.2, 0) is 0 Å². The van der Waals surface area contributed by atoms with Gasteiger partial charge in [0.2, 0.25) is 0 Å². The van der Waals surface area contributed by atoms with Crippen LogP contribution in [0.25, 0.3) is 0 Å². The first-order valence-corrected chi connectivity index (χ1v) is 6.17. The fourth-order valence-electron chi connectivity index (χ4n) is 0.977. The Morgan fingerprint density at radius 3 is 3.07 bits per heavy atom. The molecule has 0 radical (unpaired) electrons. The summed E-state index contributed by atoms with van der Waals surface area (Å²) < 4.78 is 0. The molecule has 1 aromatic heterocycles. The van der Waals surface area contributed by atoms with E-state index in [1.807, 2.05) is 12.3 Å². The van der Waals surface area contributed by atoms with Gasteiger partial charge >= 0.3 is 0 Å². The zero-order valence-electron chi connectivity index (χ0n) is 8.62. The van der Waals surface area contributed by atoms with Crippen LogP contribution in [-0.4, -0.2) is 23.0 Å². The molecule has 1 heterocycles. The Bertz CT molecular complexity index is 375. The number of nitriles is 1. The first kappa shape index (κ1) is 12.2. The molecule has 15 heavy (non-hydrogen) atoms. The molecule has 0 fully saturated rings. The van der Waals surface area contributed by atoms with Crippen LogP contribution in [0.1, 0.15) is 12.5 Å². The highest BCUT2D eigenvalue weighted by Gasteiger charge is 2.07. The Morgan fingerprint density at radius 1 is 1.73 bits per heavy atom. The SMILES string of the molecule is CSC(C)CNc1nccc(C#N)c1Cl. The lowest BCUT2D eigenvalue weighted by Crippen LogP contribution is -2.13. The van der Waals surface area contributed by atoms with Gasteiger partial charge in [0, 0.05) is 18.0 Å². The van der Waals surface area contributed by atoms with E-state index in [9.17, 15) is 0 Å². The first-order valence-electron chi connectivity index (χ1n) is 4.50. The molecule has 0 amide bonds. The van der Waals surface area contributed by atoms with Gasteiger partial charge in [-0.3, -0.25) is 0 Å². The number of thioether (sulfide) groups is 1. The fraction of sp³-hybridized carbons (Fsp3) is 0.400. The third kappa shape index (κ3) is 3.29. The van der Waals surface area contributed by atoms with Gasteiger partial charge in [-0.1, -0.05) is 18.5 Å². The number of hydrogen-bond acceptors (Lipinski definition) is 4. The van der Waals surface area contributed by atoms with Gasteiger partial charge in [0.15, 0.2) is 0 Å². The molecule has 1 aromatic rings. The summed E-state index contributed by atoms with van der Waals surface area (Å²) in [5, 5.41) is 12.8. The second-order valence-electron chi connectivity index (χ2n) is 3.06. The highest BCUT2D eigenvalue weighted by atomic mass is 35.5. The van der Waals surface area contributed by atoms with E-state index < -0.39 is 0 Å². The molecule has 0 aliphatic heterocycles. The molecule has 0 saturated carbocycles. The third-order valence-corrected chi connectivity index (χ3v) is 3.32. The van der Waals surface area contributed by atoms with Crippen molar-refractivity contribution in [1.82, 2.24) is 4.98 Å². The Labute approximate surface area is 98.8 Å². The van der Waals surface area contributed by atoms with E-state index in [0.717, 1.165) is 6.54 Å². The van der Waals surface area contributed by atoms with Gasteiger partial charge in [0.1, 0.15) is 16.9 Å². The number of nitrogens with one attached hydrogen (secondary N) is 1. The van der Waals surface area contributed by atoms with Crippen LogP contribution in [0.2, 0.25) is 5.02 Å². The molecule has 0 saturated heterocycles. The highest BCUT2D eigenvalue weighted by molar-refractivity contribution is 7.99. The molecule has 0 bridgehead atoms. The number of halogens is 1. The minimum atomic E-state index is 0.397. The molecule has 1 atom stereocenters. The van der Waals surface area contributed by atoms with Crippen LogP contribution >= 0.6 is 23.4 Å². The van der Waals surface area contributed by atoms with Gasteiger partial charge in [-0.15, -0.1) is 0 Å². The van der Waals surface area contributed by atoms with Crippen molar-refractivity contribution in [3.05, 3.63) is 22.8 Å². The van der Waals surface area contributed by atoms with E-state index in [0.29, 0.717) is 21.7 Å². The average molecular weight is 242 g/mol. The van der Waals surface area contributed by atoms with Gasteiger partial charge < -0.3 is 5.32 Å². The summed E-state index contributed by atoms with van der Waals surface area (Å²) in [6.45, 7) is 2.89. The predicted molar refractivity (Wildman–Crippen MR) is 65.4 cm³/mol. The van der Waals surface area contributed by atoms with Crippen molar-refractivity contribution in [2.45, 2.75) is 12.2 Å². The molecule has 3 nitrogen and oxygen atoms in total. The monoisotopic (exact) mass is 241 g/mol. The summed E-state index contributed by atoms with van der Waals surface area (Å²) in [5.74, 6) is 0.580. The quantitative estimate of drug-likeness (QED) is 0.881. The van der Waals surface area contributed by atoms with Crippen molar-refractivity contribution in [3.8, 4) is 6.07 Å². The maximum absolute atomic E-state index is 8.77.